The van der Waals surface area contributed by atoms with Crippen LogP contribution in [0.4, 0.5) is 0 Å². The summed E-state index contributed by atoms with van der Waals surface area (Å²) in [6.07, 6.45) is 0. The molecule has 88 valence electrons. The first-order chi connectivity index (χ1) is 7.49. The third kappa shape index (κ3) is 3.23. The van der Waals surface area contributed by atoms with Crippen molar-refractivity contribution < 1.29 is 21.7 Å². The van der Waals surface area contributed by atoms with E-state index in [0.29, 0.717) is 5.56 Å². The number of rotatable bonds is 5. The van der Waals surface area contributed by atoms with Gasteiger partial charge < -0.3 is 0 Å². The highest BCUT2D eigenvalue weighted by molar-refractivity contribution is 7.87. The molecule has 0 aliphatic carbocycles. The molecule has 5 nitrogen and oxygen atoms in total. The zero-order chi connectivity index (χ0) is 12.2. The molecule has 1 aromatic carbocycles. The molecule has 0 aliphatic rings. The van der Waals surface area contributed by atoms with Crippen LogP contribution in [0.3, 0.4) is 0 Å². The van der Waals surface area contributed by atoms with E-state index in [1.807, 2.05) is 0 Å². The van der Waals surface area contributed by atoms with Crippen LogP contribution in [-0.4, -0.2) is 15.2 Å². The molecule has 0 aromatic heterocycles. The zero-order valence-electron chi connectivity index (χ0n) is 8.21. The Balaban J connectivity index is 3.03. The lowest BCUT2D eigenvalue weighted by Gasteiger charge is -2.08. The average Bonchev–Trinajstić information content (AvgIpc) is 2.17. The van der Waals surface area contributed by atoms with E-state index in [1.54, 1.807) is 19.1 Å². The fourth-order valence-corrected chi connectivity index (χ4v) is 2.83. The van der Waals surface area contributed by atoms with Gasteiger partial charge in [0.1, 0.15) is 4.90 Å². The van der Waals surface area contributed by atoms with Gasteiger partial charge in [-0.1, -0.05) is 23.7 Å². The van der Waals surface area contributed by atoms with Gasteiger partial charge in [0.25, 0.3) is 0 Å². The van der Waals surface area contributed by atoms with E-state index in [-0.39, 0.29) is 9.92 Å². The molecule has 0 aliphatic heterocycles. The monoisotopic (exact) mass is 282 g/mol. The topological polar surface area (TPSA) is 69.7 Å². The number of aryl methyl sites for hydroxylation is 1. The van der Waals surface area contributed by atoms with Crippen LogP contribution >= 0.6 is 20.3 Å². The minimum Gasteiger partial charge on any atom is -0.265 e. The summed E-state index contributed by atoms with van der Waals surface area (Å²) in [5, 5.41) is 0.0691. The molecule has 0 heterocycles. The Morgan fingerprint density at radius 1 is 1.44 bits per heavy atom. The quantitative estimate of drug-likeness (QED) is 0.359. The second-order valence-corrected chi connectivity index (χ2v) is 5.15. The summed E-state index contributed by atoms with van der Waals surface area (Å²) < 4.78 is 42.0. The van der Waals surface area contributed by atoms with Crippen molar-refractivity contribution in [2.24, 2.45) is 0 Å². The van der Waals surface area contributed by atoms with Crippen molar-refractivity contribution >= 4 is 30.4 Å². The SMILES string of the molecule is Cc1cccc(Cl)c1S(=O)(=O)OCOP=O. The maximum atomic E-state index is 11.7. The molecule has 16 heavy (non-hydrogen) atoms. The first kappa shape index (κ1) is 13.5. The summed E-state index contributed by atoms with van der Waals surface area (Å²) in [5.74, 6) is 0. The van der Waals surface area contributed by atoms with E-state index in [4.69, 9.17) is 11.6 Å². The smallest absolute Gasteiger partial charge is 0.265 e. The van der Waals surface area contributed by atoms with Crippen LogP contribution < -0.4 is 0 Å². The number of hydrogen-bond donors (Lipinski definition) is 0. The molecule has 1 aromatic rings. The average molecular weight is 283 g/mol. The first-order valence-corrected chi connectivity index (χ1v) is 6.60. The van der Waals surface area contributed by atoms with E-state index >= 15 is 0 Å². The van der Waals surface area contributed by atoms with Crippen molar-refractivity contribution in [2.45, 2.75) is 11.8 Å². The maximum Gasteiger partial charge on any atom is 0.329 e. The normalized spacial score (nSPS) is 11.9. The maximum absolute atomic E-state index is 11.7. The molecule has 0 atom stereocenters. The van der Waals surface area contributed by atoms with Crippen molar-refractivity contribution in [3.8, 4) is 0 Å². The van der Waals surface area contributed by atoms with Crippen molar-refractivity contribution in [1.29, 1.82) is 0 Å². The third-order valence-electron chi connectivity index (χ3n) is 1.72. The van der Waals surface area contributed by atoms with E-state index in [9.17, 15) is 13.0 Å². The summed E-state index contributed by atoms with van der Waals surface area (Å²) in [6, 6.07) is 4.66. The Kier molecular flexibility index (Phi) is 4.83. The minimum absolute atomic E-state index is 0.0691. The summed E-state index contributed by atoms with van der Waals surface area (Å²) in [5.41, 5.74) is 0.465. The predicted molar refractivity (Wildman–Crippen MR) is 58.0 cm³/mol. The van der Waals surface area contributed by atoms with Gasteiger partial charge in [-0.2, -0.15) is 8.42 Å². The molecule has 0 radical (unpaired) electrons. The molecule has 0 bridgehead atoms. The Labute approximate surface area is 99.7 Å². The predicted octanol–water partition coefficient (Wildman–Crippen LogP) is 2.53. The van der Waals surface area contributed by atoms with Crippen LogP contribution in [0.1, 0.15) is 5.56 Å². The highest BCUT2D eigenvalue weighted by atomic mass is 35.5. The summed E-state index contributed by atoms with van der Waals surface area (Å²) in [7, 11) is -4.65. The molecule has 0 unspecified atom stereocenters. The van der Waals surface area contributed by atoms with E-state index in [2.05, 4.69) is 8.71 Å². The first-order valence-electron chi connectivity index (χ1n) is 4.08. The van der Waals surface area contributed by atoms with Gasteiger partial charge in [0.05, 0.1) is 5.02 Å². The van der Waals surface area contributed by atoms with Gasteiger partial charge in [0, 0.05) is 0 Å². The van der Waals surface area contributed by atoms with Crippen molar-refractivity contribution in [3.63, 3.8) is 0 Å². The van der Waals surface area contributed by atoms with Gasteiger partial charge in [-0.05, 0) is 18.6 Å². The van der Waals surface area contributed by atoms with E-state index in [0.717, 1.165) is 0 Å². The zero-order valence-corrected chi connectivity index (χ0v) is 10.7. The number of halogens is 1. The van der Waals surface area contributed by atoms with Crippen molar-refractivity contribution in [2.75, 3.05) is 6.79 Å². The van der Waals surface area contributed by atoms with Crippen LogP contribution in [0.2, 0.25) is 5.02 Å². The molecule has 0 fully saturated rings. The van der Waals surface area contributed by atoms with Crippen LogP contribution in [0, 0.1) is 6.92 Å². The second kappa shape index (κ2) is 5.70. The highest BCUT2D eigenvalue weighted by Gasteiger charge is 2.21. The molecular formula is C8H8ClO5PS. The molecule has 0 N–H and O–H groups in total. The summed E-state index contributed by atoms with van der Waals surface area (Å²) in [6.45, 7) is 0.965. The van der Waals surface area contributed by atoms with E-state index < -0.39 is 25.6 Å². The fraction of sp³-hybridized carbons (Fsp3) is 0.250. The third-order valence-corrected chi connectivity index (χ3v) is 3.81. The molecule has 0 saturated heterocycles. The second-order valence-electron chi connectivity index (χ2n) is 2.78. The van der Waals surface area contributed by atoms with Gasteiger partial charge in [0.2, 0.25) is 0 Å². The Bertz CT molecular complexity index is 467. The molecular weight excluding hydrogens is 275 g/mol. The summed E-state index contributed by atoms with van der Waals surface area (Å²) in [4.78, 5) is -0.108. The van der Waals surface area contributed by atoms with Gasteiger partial charge in [-0.15, -0.1) is 0 Å². The van der Waals surface area contributed by atoms with Gasteiger partial charge in [-0.3, -0.25) is 4.52 Å². The Morgan fingerprint density at radius 3 is 2.69 bits per heavy atom. The van der Waals surface area contributed by atoms with Crippen LogP contribution in [0.5, 0.6) is 0 Å². The molecule has 1 rings (SSSR count). The lowest BCUT2D eigenvalue weighted by molar-refractivity contribution is 0.140. The van der Waals surface area contributed by atoms with Gasteiger partial charge in [-0.25, -0.2) is 8.75 Å². The lowest BCUT2D eigenvalue weighted by Crippen LogP contribution is -2.09. The summed E-state index contributed by atoms with van der Waals surface area (Å²) >= 11 is 5.76. The van der Waals surface area contributed by atoms with Crippen molar-refractivity contribution in [1.82, 2.24) is 0 Å². The minimum atomic E-state index is -3.99. The van der Waals surface area contributed by atoms with E-state index in [1.165, 1.54) is 6.07 Å². The van der Waals surface area contributed by atoms with Crippen molar-refractivity contribution in [3.05, 3.63) is 28.8 Å². The standard InChI is InChI=1S/C8H8ClO5PS/c1-6-3-2-4-7(9)8(6)16(11,12)14-5-13-15-10/h2-4H,5H2,1H3. The lowest BCUT2D eigenvalue weighted by atomic mass is 10.2. The van der Waals surface area contributed by atoms with Crippen LogP contribution in [0.25, 0.3) is 0 Å². The molecule has 0 saturated carbocycles. The Morgan fingerprint density at radius 2 is 2.12 bits per heavy atom. The van der Waals surface area contributed by atoms with Gasteiger partial charge >= 0.3 is 18.8 Å². The molecule has 0 spiro atoms. The number of benzene rings is 1. The fourth-order valence-electron chi connectivity index (χ4n) is 1.10. The highest BCUT2D eigenvalue weighted by Crippen LogP contribution is 2.26. The Hall–Kier alpha value is -0.520. The van der Waals surface area contributed by atoms with Crippen LogP contribution in [-0.2, 0) is 23.4 Å². The molecule has 8 heteroatoms. The number of hydrogen-bond acceptors (Lipinski definition) is 5. The largest absolute Gasteiger partial charge is 0.329 e. The molecule has 0 amide bonds. The van der Waals surface area contributed by atoms with Gasteiger partial charge in [0.15, 0.2) is 6.79 Å². The van der Waals surface area contributed by atoms with Crippen LogP contribution in [0.15, 0.2) is 23.1 Å².